The number of benzene rings is 4. The second-order valence-electron chi connectivity index (χ2n) is 38.5. The van der Waals surface area contributed by atoms with Gasteiger partial charge in [0.25, 0.3) is 11.1 Å². The summed E-state index contributed by atoms with van der Waals surface area (Å²) in [4.78, 5) is 145. The number of pyridine rings is 2. The van der Waals surface area contributed by atoms with Gasteiger partial charge < -0.3 is 68.5 Å². The fraction of sp³-hybridized carbons (Fsp3) is 0.621. The minimum absolute atomic E-state index is 0.163. The SMILES string of the molecule is CCCCCCCCCCCCOC(=O)OCn1c(=O)c(C2CCN(C(=O)N[C@H](Cc3cc(C)c4nn(COC(=O)OCn5cc6cc(C[C@@H](NC(=O)N7CCC(c8cc9ccccc9n(COC(=O)OCCCCCCCCCCCC)c8=O)CC7)C(=O)N7CCN(C8CCN(C)CC8)CC7)cc(C)c6n5)cc4c3)C(=O)N3CCN(C4CCN(C)CC4)CC3)CC2)cc2ccccc21. The summed E-state index contributed by atoms with van der Waals surface area (Å²) in [6.07, 6.45) is 30.8. The molecule has 4 aromatic carbocycles. The number of piperidine rings is 4. The summed E-state index contributed by atoms with van der Waals surface area (Å²) < 4.78 is 39.4. The molecule has 0 aliphatic carbocycles. The van der Waals surface area contributed by atoms with Gasteiger partial charge >= 0.3 is 30.5 Å². The van der Waals surface area contributed by atoms with E-state index in [0.717, 1.165) is 160 Å². The minimum atomic E-state index is -0.958. The Kier molecular flexibility index (Phi) is 36.9. The molecule has 2 atom stereocenters. The summed E-state index contributed by atoms with van der Waals surface area (Å²) in [5.41, 5.74) is 6.46. The van der Waals surface area contributed by atoms with Crippen LogP contribution in [0.3, 0.4) is 0 Å². The molecule has 14 rings (SSSR count). The van der Waals surface area contributed by atoms with Gasteiger partial charge in [-0.2, -0.15) is 10.2 Å². The van der Waals surface area contributed by atoms with E-state index >= 15 is 9.59 Å². The van der Waals surface area contributed by atoms with E-state index in [0.29, 0.717) is 123 Å². The summed E-state index contributed by atoms with van der Waals surface area (Å²) >= 11 is 0. The quantitative estimate of drug-likeness (QED) is 0.0204. The first kappa shape index (κ1) is 99.3. The molecule has 0 saturated carbocycles. The molecule has 10 heterocycles. The van der Waals surface area contributed by atoms with E-state index in [4.69, 9.17) is 38.6 Å². The lowest BCUT2D eigenvalue weighted by atomic mass is 9.89. The summed E-state index contributed by atoms with van der Waals surface area (Å²) in [7, 11) is 4.31. The lowest BCUT2D eigenvalue weighted by Gasteiger charge is -2.43. The number of aryl methyl sites for hydroxylation is 2. The second-order valence-corrected chi connectivity index (χ2v) is 38.5. The molecule has 6 fully saturated rings. The number of urea groups is 2. The van der Waals surface area contributed by atoms with E-state index in [1.165, 1.54) is 108 Å². The van der Waals surface area contributed by atoms with E-state index in [9.17, 15) is 33.6 Å². The molecular formula is C103H146N16O15. The predicted octanol–water partition coefficient (Wildman–Crippen LogP) is 15.9. The molecule has 6 aliphatic rings. The number of nitrogens with zero attached hydrogens (tertiary/aromatic N) is 14. The van der Waals surface area contributed by atoms with Crippen molar-refractivity contribution < 1.29 is 62.0 Å². The topological polar surface area (TPSA) is 304 Å². The monoisotopic (exact) mass is 1850 g/mol. The highest BCUT2D eigenvalue weighted by Crippen LogP contribution is 2.33. The van der Waals surface area contributed by atoms with Crippen molar-refractivity contribution in [3.8, 4) is 0 Å². The minimum Gasteiger partial charge on any atom is -0.434 e. The van der Waals surface area contributed by atoms with Crippen LogP contribution >= 0.6 is 0 Å². The Hall–Kier alpha value is -10.6. The highest BCUT2D eigenvalue weighted by Gasteiger charge is 2.38. The number of hydrogen-bond donors (Lipinski definition) is 2. The normalized spacial score (nSPS) is 17.4. The molecule has 0 unspecified atom stereocenters. The van der Waals surface area contributed by atoms with Crippen LogP contribution in [-0.4, -0.2) is 266 Å². The van der Waals surface area contributed by atoms with E-state index in [2.05, 4.69) is 58.2 Å². The average Bonchev–Trinajstić information content (AvgIpc) is 1.44. The maximum Gasteiger partial charge on any atom is 0.511 e. The van der Waals surface area contributed by atoms with Crippen molar-refractivity contribution in [1.29, 1.82) is 0 Å². The number of carbonyl (C=O) groups is 7. The molecule has 31 nitrogen and oxygen atoms in total. The smallest absolute Gasteiger partial charge is 0.434 e. The maximum atomic E-state index is 15.0. The standard InChI is InChI=1S/C103H146N16O15/c1-7-9-11-13-15-17-19-21-23-29-59-129-101(126)133-73-118-91-33-27-25-31-81(91)67-87(95(118)120)79-35-47-114(48-36-79)99(124)104-89(97(122)112-55-51-110(52-56-112)85-39-43-108(5)44-40-85)65-77-61-75(3)93-83(63-77)69-116(106-93)71-131-103(128)132-72-117-70-84-64-78(62-76(4)94(84)107-117)66-90(98(123)113-57-53-111(54-58-113)86-41-45-109(6)46-42-86)105-100(125)115-49-37-80(38-50-115)88-68-82-32-26-28-34-92(82)119(96(88)121)74-134-102(127)130-60-30-24-22-20-18-16-14-12-10-8-2/h25-28,31-34,61-64,67-70,79-80,85-86,89-90H,7-24,29-30,35-60,65-66,71-74H2,1-6H3,(H,104,124)(H,105,125)/t89-,90-/m1/s1. The molecule has 2 N–H and O–H groups in total. The number of carbonyl (C=O) groups excluding carboxylic acids is 7. The number of likely N-dealkylation sites (tertiary alicyclic amines) is 4. The van der Waals surface area contributed by atoms with Crippen LogP contribution in [-0.2, 0) is 77.8 Å². The fourth-order valence-electron chi connectivity index (χ4n) is 20.8. The lowest BCUT2D eigenvalue weighted by molar-refractivity contribution is -0.136. The highest BCUT2D eigenvalue weighted by molar-refractivity contribution is 5.90. The Bertz CT molecular complexity index is 5010. The lowest BCUT2D eigenvalue weighted by Crippen LogP contribution is -2.59. The number of para-hydroxylation sites is 2. The molecule has 0 radical (unpaired) electrons. The maximum absolute atomic E-state index is 15.0. The van der Waals surface area contributed by atoms with Gasteiger partial charge in [0.05, 0.1) is 35.3 Å². The van der Waals surface area contributed by atoms with Gasteiger partial charge in [0.15, 0.2) is 26.9 Å². The van der Waals surface area contributed by atoms with Crippen LogP contribution < -0.4 is 21.8 Å². The summed E-state index contributed by atoms with van der Waals surface area (Å²) in [5, 5.41) is 19.1. The number of rotatable bonds is 42. The largest absolute Gasteiger partial charge is 0.511 e. The Morgan fingerprint density at radius 1 is 0.373 bits per heavy atom. The van der Waals surface area contributed by atoms with E-state index in [1.54, 1.807) is 22.2 Å². The number of amides is 6. The molecule has 6 aliphatic heterocycles. The average molecular weight is 1850 g/mol. The van der Waals surface area contributed by atoms with Crippen molar-refractivity contribution in [3.63, 3.8) is 0 Å². The number of fused-ring (bicyclic) bond motifs is 4. The second kappa shape index (κ2) is 49.7. The predicted molar refractivity (Wildman–Crippen MR) is 518 cm³/mol. The Morgan fingerprint density at radius 2 is 0.709 bits per heavy atom. The van der Waals surface area contributed by atoms with Gasteiger partial charge in [-0.25, -0.2) is 33.3 Å². The first-order valence-electron chi connectivity index (χ1n) is 50.3. The first-order chi connectivity index (χ1) is 65.2. The summed E-state index contributed by atoms with van der Waals surface area (Å²) in [5.74, 6) is -0.708. The molecule has 0 bridgehead atoms. The molecule has 4 aromatic heterocycles. The van der Waals surface area contributed by atoms with Crippen LogP contribution in [0.2, 0.25) is 0 Å². The third-order valence-electron chi connectivity index (χ3n) is 28.7. The number of unbranched alkanes of at least 4 members (excludes halogenated alkanes) is 18. The van der Waals surface area contributed by atoms with Gasteiger partial charge in [-0.15, -0.1) is 0 Å². The van der Waals surface area contributed by atoms with Crippen molar-refractivity contribution in [1.82, 2.24) is 78.5 Å². The van der Waals surface area contributed by atoms with Crippen LogP contribution in [0, 0.1) is 13.8 Å². The van der Waals surface area contributed by atoms with Gasteiger partial charge in [0.2, 0.25) is 11.8 Å². The van der Waals surface area contributed by atoms with Crippen molar-refractivity contribution >= 4 is 86.0 Å². The van der Waals surface area contributed by atoms with Crippen LogP contribution in [0.4, 0.5) is 24.0 Å². The van der Waals surface area contributed by atoms with Gasteiger partial charge in [-0.05, 0) is 200 Å². The molecular weight excluding hydrogens is 1700 g/mol. The third kappa shape index (κ3) is 27.4. The number of hydrogen-bond acceptors (Lipinski definition) is 21. The summed E-state index contributed by atoms with van der Waals surface area (Å²) in [6, 6.07) is 25.1. The molecule has 0 spiro atoms. The third-order valence-corrected chi connectivity index (χ3v) is 28.7. The Balaban J connectivity index is 0.581. The zero-order valence-corrected chi connectivity index (χ0v) is 80.4. The van der Waals surface area contributed by atoms with Crippen LogP contribution in [0.25, 0.3) is 43.6 Å². The van der Waals surface area contributed by atoms with Crippen LogP contribution in [0.15, 0.2) is 107 Å². The van der Waals surface area contributed by atoms with Crippen molar-refractivity contribution in [3.05, 3.63) is 151 Å². The molecule has 134 heavy (non-hydrogen) atoms. The number of ether oxygens (including phenoxy) is 6. The van der Waals surface area contributed by atoms with Crippen molar-refractivity contribution in [2.45, 2.75) is 283 Å². The van der Waals surface area contributed by atoms with E-state index < -0.39 is 30.5 Å². The summed E-state index contributed by atoms with van der Waals surface area (Å²) in [6.45, 7) is 18.2. The van der Waals surface area contributed by atoms with Crippen LogP contribution in [0.1, 0.15) is 239 Å². The zero-order valence-electron chi connectivity index (χ0n) is 80.4. The molecule has 8 aromatic rings. The van der Waals surface area contributed by atoms with E-state index in [-0.39, 0.29) is 99.8 Å². The van der Waals surface area contributed by atoms with Gasteiger partial charge in [0.1, 0.15) is 12.1 Å². The van der Waals surface area contributed by atoms with Crippen LogP contribution in [0.5, 0.6) is 0 Å². The molecule has 6 saturated heterocycles. The fourth-order valence-corrected chi connectivity index (χ4v) is 20.8. The molecule has 6 amide bonds. The number of piperazine rings is 2. The molecule has 728 valence electrons. The highest BCUT2D eigenvalue weighted by atomic mass is 16.7. The van der Waals surface area contributed by atoms with Gasteiger partial charge in [0, 0.05) is 138 Å². The van der Waals surface area contributed by atoms with E-state index in [1.807, 2.05) is 109 Å². The van der Waals surface area contributed by atoms with Crippen molar-refractivity contribution in [2.75, 3.05) is 132 Å². The Labute approximate surface area is 789 Å². The van der Waals surface area contributed by atoms with Crippen molar-refractivity contribution in [2.24, 2.45) is 0 Å². The zero-order chi connectivity index (χ0) is 93.8. The van der Waals surface area contributed by atoms with Gasteiger partial charge in [-0.1, -0.05) is 178 Å². The van der Waals surface area contributed by atoms with Gasteiger partial charge in [-0.3, -0.25) is 38.1 Å². The molecule has 31 heteroatoms. The number of nitrogens with one attached hydrogen (secondary N) is 2. The first-order valence-corrected chi connectivity index (χ1v) is 50.3. The number of aromatic nitrogens is 6. The Morgan fingerprint density at radius 3 is 1.07 bits per heavy atom.